The third kappa shape index (κ3) is 8.24. The molecule has 0 aliphatic heterocycles. The van der Waals surface area contributed by atoms with Crippen LogP contribution in [-0.2, 0) is 13.6 Å². The second kappa shape index (κ2) is 10.2. The van der Waals surface area contributed by atoms with Crippen LogP contribution in [0.15, 0.2) is 0 Å². The first-order valence-electron chi connectivity index (χ1n) is 6.18. The van der Waals surface area contributed by atoms with Crippen molar-refractivity contribution in [2.75, 3.05) is 40.0 Å². The average molecular weight is 249 g/mol. The molecule has 0 aliphatic carbocycles. The Balaban J connectivity index is 3.59. The van der Waals surface area contributed by atoms with Gasteiger partial charge in [0.1, 0.15) is 0 Å². The number of hydrogen-bond donors (Lipinski definition) is 1. The molecule has 98 valence electrons. The van der Waals surface area contributed by atoms with E-state index >= 15 is 0 Å². The fourth-order valence-corrected chi connectivity index (χ4v) is 3.95. The summed E-state index contributed by atoms with van der Waals surface area (Å²) in [6, 6.07) is 1.01. The number of likely N-dealkylation sites (N-methyl/N-ethyl adjacent to an activating group) is 1. The molecule has 0 bridgehead atoms. The zero-order valence-electron chi connectivity index (χ0n) is 11.2. The third-order valence-corrected chi connectivity index (χ3v) is 5.38. The Morgan fingerprint density at radius 2 is 1.69 bits per heavy atom. The molecule has 0 unspecified atom stereocenters. The van der Waals surface area contributed by atoms with Gasteiger partial charge in [-0.2, -0.15) is 0 Å². The van der Waals surface area contributed by atoms with E-state index in [1.165, 1.54) is 0 Å². The lowest BCUT2D eigenvalue weighted by Crippen LogP contribution is -2.38. The lowest BCUT2D eigenvalue weighted by molar-refractivity contribution is 0.132. The molecule has 0 spiro atoms. The highest BCUT2D eigenvalue weighted by atomic mass is 28.4. The first-order chi connectivity index (χ1) is 7.68. The van der Waals surface area contributed by atoms with E-state index in [-0.39, 0.29) is 0 Å². The number of ether oxygens (including phenoxy) is 1. The third-order valence-electron chi connectivity index (χ3n) is 2.32. The Morgan fingerprint density at radius 3 is 2.19 bits per heavy atom. The van der Waals surface area contributed by atoms with Crippen molar-refractivity contribution in [3.63, 3.8) is 0 Å². The minimum atomic E-state index is -1.91. The van der Waals surface area contributed by atoms with Gasteiger partial charge in [-0.25, -0.2) is 0 Å². The minimum Gasteiger partial charge on any atom is -0.395 e. The maximum Gasteiger partial charge on any atom is 0.334 e. The van der Waals surface area contributed by atoms with E-state index in [0.29, 0.717) is 0 Å². The molecule has 1 N–H and O–H groups in total. The second-order valence-electron chi connectivity index (χ2n) is 3.82. The average Bonchev–Trinajstić information content (AvgIpc) is 2.24. The molecule has 4 nitrogen and oxygen atoms in total. The van der Waals surface area contributed by atoms with Crippen molar-refractivity contribution in [1.82, 2.24) is 5.32 Å². The molecule has 0 aromatic carbocycles. The van der Waals surface area contributed by atoms with Crippen molar-refractivity contribution < 1.29 is 13.6 Å². The molecule has 0 aliphatic rings. The van der Waals surface area contributed by atoms with Crippen molar-refractivity contribution in [3.8, 4) is 0 Å². The normalized spacial score (nSPS) is 12.0. The summed E-state index contributed by atoms with van der Waals surface area (Å²) in [5.74, 6) is 0. The molecule has 0 saturated heterocycles. The Bertz CT molecular complexity index is 152. The van der Waals surface area contributed by atoms with E-state index in [1.807, 2.05) is 20.9 Å². The summed E-state index contributed by atoms with van der Waals surface area (Å²) in [4.78, 5) is 0. The molecule has 0 atom stereocenters. The minimum absolute atomic E-state index is 0.739. The van der Waals surface area contributed by atoms with Gasteiger partial charge in [0.2, 0.25) is 0 Å². The number of hydrogen-bond acceptors (Lipinski definition) is 4. The van der Waals surface area contributed by atoms with E-state index in [1.54, 1.807) is 0 Å². The van der Waals surface area contributed by atoms with Gasteiger partial charge < -0.3 is 18.9 Å². The smallest absolute Gasteiger partial charge is 0.334 e. The van der Waals surface area contributed by atoms with Gasteiger partial charge >= 0.3 is 8.56 Å². The zero-order valence-corrected chi connectivity index (χ0v) is 12.2. The predicted octanol–water partition coefficient (Wildman–Crippen LogP) is 1.76. The van der Waals surface area contributed by atoms with Crippen LogP contribution in [0.1, 0.15) is 20.3 Å². The summed E-state index contributed by atoms with van der Waals surface area (Å²) in [6.07, 6.45) is 1.02. The Hall–Kier alpha value is 0.0569. The van der Waals surface area contributed by atoms with Crippen LogP contribution < -0.4 is 5.32 Å². The molecule has 0 fully saturated rings. The summed E-state index contributed by atoms with van der Waals surface area (Å²) in [5, 5.41) is 3.05. The zero-order chi connectivity index (χ0) is 12.3. The quantitative estimate of drug-likeness (QED) is 0.447. The lowest BCUT2D eigenvalue weighted by Gasteiger charge is -2.25. The van der Waals surface area contributed by atoms with E-state index in [4.69, 9.17) is 13.6 Å². The highest BCUT2D eigenvalue weighted by molar-refractivity contribution is 6.66. The summed E-state index contributed by atoms with van der Waals surface area (Å²) < 4.78 is 17.0. The van der Waals surface area contributed by atoms with E-state index < -0.39 is 8.56 Å². The van der Waals surface area contributed by atoms with Gasteiger partial charge in [0.25, 0.3) is 0 Å². The summed E-state index contributed by atoms with van der Waals surface area (Å²) in [5.41, 5.74) is 0. The molecule has 0 aromatic heterocycles. The molecule has 0 rings (SSSR count). The molecule has 0 heterocycles. The molecule has 0 amide bonds. The van der Waals surface area contributed by atoms with Gasteiger partial charge in [0.15, 0.2) is 0 Å². The second-order valence-corrected chi connectivity index (χ2v) is 7.16. The van der Waals surface area contributed by atoms with Gasteiger partial charge in [-0.15, -0.1) is 0 Å². The first-order valence-corrected chi connectivity index (χ1v) is 8.71. The fourth-order valence-electron chi connectivity index (χ4n) is 1.57. The molecule has 0 aromatic rings. The Kier molecular flexibility index (Phi) is 10.3. The Labute approximate surface area is 101 Å². The molecular weight excluding hydrogens is 222 g/mol. The first kappa shape index (κ1) is 16.1. The van der Waals surface area contributed by atoms with Gasteiger partial charge in [0, 0.05) is 26.4 Å². The summed E-state index contributed by atoms with van der Waals surface area (Å²) in [7, 11) is 0.0146. The van der Waals surface area contributed by atoms with Crippen molar-refractivity contribution >= 4 is 8.56 Å². The lowest BCUT2D eigenvalue weighted by atomic mass is 10.5. The summed E-state index contributed by atoms with van der Waals surface area (Å²) >= 11 is 0. The van der Waals surface area contributed by atoms with Crippen molar-refractivity contribution in [3.05, 3.63) is 0 Å². The molecular formula is C11H27NO3Si. The van der Waals surface area contributed by atoms with E-state index in [0.717, 1.165) is 45.4 Å². The van der Waals surface area contributed by atoms with Crippen LogP contribution in [0, 0.1) is 0 Å². The van der Waals surface area contributed by atoms with Crippen molar-refractivity contribution in [2.24, 2.45) is 0 Å². The standard InChI is InChI=1S/C11H27NO3Si/c1-5-14-16(4,15-6-2)11-7-9-13-10-8-12-3/h12H,5-11H2,1-4H3. The highest BCUT2D eigenvalue weighted by Crippen LogP contribution is 2.15. The van der Waals surface area contributed by atoms with Crippen LogP contribution in [0.5, 0.6) is 0 Å². The van der Waals surface area contributed by atoms with Gasteiger partial charge in [-0.3, -0.25) is 0 Å². The Morgan fingerprint density at radius 1 is 1.06 bits per heavy atom. The summed E-state index contributed by atoms with van der Waals surface area (Å²) in [6.45, 7) is 10.1. The van der Waals surface area contributed by atoms with Crippen LogP contribution in [0.3, 0.4) is 0 Å². The van der Waals surface area contributed by atoms with Crippen molar-refractivity contribution in [2.45, 2.75) is 32.9 Å². The van der Waals surface area contributed by atoms with Crippen LogP contribution in [0.4, 0.5) is 0 Å². The highest BCUT2D eigenvalue weighted by Gasteiger charge is 2.29. The SMILES string of the molecule is CCO[Si](C)(CCCOCCNC)OCC. The monoisotopic (exact) mass is 249 g/mol. The van der Waals surface area contributed by atoms with E-state index in [2.05, 4.69) is 11.9 Å². The van der Waals surface area contributed by atoms with Crippen LogP contribution in [0.25, 0.3) is 0 Å². The number of rotatable bonds is 11. The molecule has 5 heteroatoms. The van der Waals surface area contributed by atoms with Crippen LogP contribution >= 0.6 is 0 Å². The topological polar surface area (TPSA) is 39.7 Å². The van der Waals surface area contributed by atoms with Gasteiger partial charge in [-0.1, -0.05) is 0 Å². The maximum absolute atomic E-state index is 5.75. The van der Waals surface area contributed by atoms with Crippen LogP contribution in [-0.4, -0.2) is 48.6 Å². The predicted molar refractivity (Wildman–Crippen MR) is 69.0 cm³/mol. The van der Waals surface area contributed by atoms with Gasteiger partial charge in [0.05, 0.1) is 6.61 Å². The molecule has 0 radical (unpaired) electrons. The van der Waals surface area contributed by atoms with E-state index in [9.17, 15) is 0 Å². The van der Waals surface area contributed by atoms with Gasteiger partial charge in [-0.05, 0) is 39.9 Å². The maximum atomic E-state index is 5.75. The fraction of sp³-hybridized carbons (Fsp3) is 1.00. The number of nitrogens with one attached hydrogen (secondary N) is 1. The molecule has 16 heavy (non-hydrogen) atoms. The van der Waals surface area contributed by atoms with Crippen molar-refractivity contribution in [1.29, 1.82) is 0 Å². The largest absolute Gasteiger partial charge is 0.395 e. The molecule has 0 saturated carbocycles. The van der Waals surface area contributed by atoms with Crippen LogP contribution in [0.2, 0.25) is 12.6 Å².